The molecule has 1 amide bonds. The number of furan rings is 1. The number of hydrogen-bond donors (Lipinski definition) is 1. The van der Waals surface area contributed by atoms with Gasteiger partial charge in [-0.3, -0.25) is 9.89 Å². The molecule has 4 heterocycles. The van der Waals surface area contributed by atoms with Gasteiger partial charge in [0.15, 0.2) is 11.5 Å². The van der Waals surface area contributed by atoms with Gasteiger partial charge in [0.1, 0.15) is 11.8 Å². The molecule has 27 heavy (non-hydrogen) atoms. The number of carbonyl (C=O) groups is 1. The van der Waals surface area contributed by atoms with Gasteiger partial charge in [-0.2, -0.15) is 18.3 Å². The summed E-state index contributed by atoms with van der Waals surface area (Å²) in [5, 5.41) is 6.69. The van der Waals surface area contributed by atoms with Crippen molar-refractivity contribution in [2.75, 3.05) is 13.1 Å². The van der Waals surface area contributed by atoms with Gasteiger partial charge < -0.3 is 14.1 Å². The SMILES string of the molecule is O=C(c1cc(-c2ccco2)[nH]n1)N1CC(Oc2cc(C(F)(F)F)ccn2)C1. The molecule has 0 bridgehead atoms. The molecular formula is C17H13F3N4O3. The minimum atomic E-state index is -4.46. The summed E-state index contributed by atoms with van der Waals surface area (Å²) in [5.41, 5.74) is -0.0383. The van der Waals surface area contributed by atoms with Crippen molar-refractivity contribution < 1.29 is 27.1 Å². The number of aromatic nitrogens is 3. The molecule has 10 heteroatoms. The molecule has 0 radical (unpaired) electrons. The van der Waals surface area contributed by atoms with Gasteiger partial charge in [-0.15, -0.1) is 0 Å². The van der Waals surface area contributed by atoms with Gasteiger partial charge in [-0.1, -0.05) is 0 Å². The highest BCUT2D eigenvalue weighted by Gasteiger charge is 2.35. The highest BCUT2D eigenvalue weighted by molar-refractivity contribution is 5.93. The van der Waals surface area contributed by atoms with Crippen LogP contribution in [0, 0.1) is 0 Å². The normalized spacial score (nSPS) is 14.9. The zero-order chi connectivity index (χ0) is 19.0. The third-order valence-corrected chi connectivity index (χ3v) is 4.07. The number of pyridine rings is 1. The molecule has 4 rings (SSSR count). The number of amides is 1. The number of halogens is 3. The molecule has 0 unspecified atom stereocenters. The number of nitrogens with zero attached hydrogens (tertiary/aromatic N) is 3. The van der Waals surface area contributed by atoms with E-state index < -0.39 is 17.8 Å². The molecule has 0 atom stereocenters. The lowest BCUT2D eigenvalue weighted by molar-refractivity contribution is -0.137. The van der Waals surface area contributed by atoms with Crippen molar-refractivity contribution in [3.8, 4) is 17.3 Å². The van der Waals surface area contributed by atoms with Crippen LogP contribution in [0.4, 0.5) is 13.2 Å². The Bertz CT molecular complexity index is 946. The van der Waals surface area contributed by atoms with E-state index in [9.17, 15) is 18.0 Å². The second-order valence-electron chi connectivity index (χ2n) is 5.97. The lowest BCUT2D eigenvalue weighted by atomic mass is 10.1. The molecule has 0 aliphatic carbocycles. The highest BCUT2D eigenvalue weighted by Crippen LogP contribution is 2.31. The van der Waals surface area contributed by atoms with Gasteiger partial charge in [-0.05, 0) is 18.2 Å². The van der Waals surface area contributed by atoms with E-state index in [1.54, 1.807) is 18.2 Å². The van der Waals surface area contributed by atoms with Crippen molar-refractivity contribution in [3.05, 3.63) is 54.0 Å². The number of aromatic amines is 1. The van der Waals surface area contributed by atoms with Crippen LogP contribution in [0.2, 0.25) is 0 Å². The zero-order valence-corrected chi connectivity index (χ0v) is 13.7. The highest BCUT2D eigenvalue weighted by atomic mass is 19.4. The number of carbonyl (C=O) groups excluding carboxylic acids is 1. The Morgan fingerprint density at radius 2 is 2.11 bits per heavy atom. The fraction of sp³-hybridized carbons (Fsp3) is 0.235. The maximum Gasteiger partial charge on any atom is 0.416 e. The Morgan fingerprint density at radius 1 is 1.30 bits per heavy atom. The molecule has 0 saturated carbocycles. The first-order valence-electron chi connectivity index (χ1n) is 7.98. The Kier molecular flexibility index (Phi) is 4.09. The van der Waals surface area contributed by atoms with Gasteiger partial charge in [-0.25, -0.2) is 4.98 Å². The molecule has 0 aromatic carbocycles. The average molecular weight is 378 g/mol. The lowest BCUT2D eigenvalue weighted by Gasteiger charge is -2.38. The van der Waals surface area contributed by atoms with Crippen LogP contribution in [0.3, 0.4) is 0 Å². The summed E-state index contributed by atoms with van der Waals surface area (Å²) < 4.78 is 48.8. The van der Waals surface area contributed by atoms with E-state index >= 15 is 0 Å². The molecule has 1 fully saturated rings. The summed E-state index contributed by atoms with van der Waals surface area (Å²) in [6.45, 7) is 0.472. The zero-order valence-electron chi connectivity index (χ0n) is 13.7. The summed E-state index contributed by atoms with van der Waals surface area (Å²) in [5.74, 6) is 0.129. The number of nitrogens with one attached hydrogen (secondary N) is 1. The number of likely N-dealkylation sites (tertiary alicyclic amines) is 1. The maximum atomic E-state index is 12.7. The fourth-order valence-electron chi connectivity index (χ4n) is 2.65. The first-order valence-corrected chi connectivity index (χ1v) is 7.98. The van der Waals surface area contributed by atoms with Gasteiger partial charge in [0.2, 0.25) is 5.88 Å². The molecule has 140 valence electrons. The number of alkyl halides is 3. The fourth-order valence-corrected chi connectivity index (χ4v) is 2.65. The minimum absolute atomic E-state index is 0.123. The predicted molar refractivity (Wildman–Crippen MR) is 85.8 cm³/mol. The first-order chi connectivity index (χ1) is 12.9. The summed E-state index contributed by atoms with van der Waals surface area (Å²) in [6.07, 6.45) is -2.33. The molecule has 0 spiro atoms. The van der Waals surface area contributed by atoms with Gasteiger partial charge in [0, 0.05) is 18.3 Å². The summed E-state index contributed by atoms with van der Waals surface area (Å²) in [6, 6.07) is 6.74. The molecule has 3 aromatic heterocycles. The van der Waals surface area contributed by atoms with Crippen molar-refractivity contribution in [2.24, 2.45) is 0 Å². The van der Waals surface area contributed by atoms with Gasteiger partial charge in [0.05, 0.1) is 24.9 Å². The standard InChI is InChI=1S/C17H13F3N4O3/c18-17(19,20)10-3-4-21-15(6-10)27-11-8-24(9-11)16(25)13-7-12(22-23-13)14-2-1-5-26-14/h1-7,11H,8-9H2,(H,22,23). The topological polar surface area (TPSA) is 84.2 Å². The molecule has 1 saturated heterocycles. The number of H-pyrrole nitrogens is 1. The molecule has 1 N–H and O–H groups in total. The Morgan fingerprint density at radius 3 is 2.81 bits per heavy atom. The third kappa shape index (κ3) is 3.50. The molecular weight excluding hydrogens is 365 g/mol. The summed E-state index contributed by atoms with van der Waals surface area (Å²) in [7, 11) is 0. The van der Waals surface area contributed by atoms with Crippen molar-refractivity contribution in [3.63, 3.8) is 0 Å². The second-order valence-corrected chi connectivity index (χ2v) is 5.97. The van der Waals surface area contributed by atoms with E-state index in [4.69, 9.17) is 9.15 Å². The Hall–Kier alpha value is -3.30. The number of ether oxygens (including phenoxy) is 1. The quantitative estimate of drug-likeness (QED) is 0.755. The third-order valence-electron chi connectivity index (χ3n) is 4.07. The predicted octanol–water partition coefficient (Wildman–Crippen LogP) is 2.99. The Labute approximate surface area is 150 Å². The van der Waals surface area contributed by atoms with E-state index in [2.05, 4.69) is 15.2 Å². The molecule has 3 aromatic rings. The number of hydrogen-bond acceptors (Lipinski definition) is 5. The van der Waals surface area contributed by atoms with Crippen LogP contribution in [-0.4, -0.2) is 45.2 Å². The van der Waals surface area contributed by atoms with Crippen LogP contribution in [0.1, 0.15) is 16.1 Å². The van der Waals surface area contributed by atoms with Crippen molar-refractivity contribution in [1.82, 2.24) is 20.1 Å². The summed E-state index contributed by atoms with van der Waals surface area (Å²) >= 11 is 0. The van der Waals surface area contributed by atoms with E-state index in [0.29, 0.717) is 11.5 Å². The molecule has 1 aliphatic heterocycles. The first kappa shape index (κ1) is 17.1. The number of rotatable bonds is 4. The molecule has 1 aliphatic rings. The van der Waals surface area contributed by atoms with E-state index in [1.807, 2.05) is 0 Å². The van der Waals surface area contributed by atoms with Crippen LogP contribution in [0.25, 0.3) is 11.5 Å². The lowest BCUT2D eigenvalue weighted by Crippen LogP contribution is -2.56. The van der Waals surface area contributed by atoms with Gasteiger partial charge >= 0.3 is 6.18 Å². The van der Waals surface area contributed by atoms with Crippen molar-refractivity contribution in [1.29, 1.82) is 0 Å². The van der Waals surface area contributed by atoms with Crippen LogP contribution >= 0.6 is 0 Å². The van der Waals surface area contributed by atoms with E-state index in [-0.39, 0.29) is 30.6 Å². The van der Waals surface area contributed by atoms with Crippen LogP contribution in [-0.2, 0) is 6.18 Å². The molecule has 7 nitrogen and oxygen atoms in total. The van der Waals surface area contributed by atoms with Crippen LogP contribution in [0.15, 0.2) is 47.2 Å². The van der Waals surface area contributed by atoms with Gasteiger partial charge in [0.25, 0.3) is 5.91 Å². The second kappa shape index (κ2) is 6.45. The van der Waals surface area contributed by atoms with Crippen molar-refractivity contribution >= 4 is 5.91 Å². The van der Waals surface area contributed by atoms with Crippen molar-refractivity contribution in [2.45, 2.75) is 12.3 Å². The van der Waals surface area contributed by atoms with Crippen LogP contribution < -0.4 is 4.74 Å². The summed E-state index contributed by atoms with van der Waals surface area (Å²) in [4.78, 5) is 17.7. The average Bonchev–Trinajstić information content (AvgIpc) is 3.27. The van der Waals surface area contributed by atoms with E-state index in [1.165, 1.54) is 11.2 Å². The van der Waals surface area contributed by atoms with Crippen LogP contribution in [0.5, 0.6) is 5.88 Å². The maximum absolute atomic E-state index is 12.7. The Balaban J connectivity index is 1.35. The van der Waals surface area contributed by atoms with E-state index in [0.717, 1.165) is 18.3 Å². The largest absolute Gasteiger partial charge is 0.471 e. The monoisotopic (exact) mass is 378 g/mol. The minimum Gasteiger partial charge on any atom is -0.471 e. The smallest absolute Gasteiger partial charge is 0.416 e.